The quantitative estimate of drug-likeness (QED) is 0.732. The highest BCUT2D eigenvalue weighted by molar-refractivity contribution is 6.25. The van der Waals surface area contributed by atoms with E-state index in [1.54, 1.807) is 18.2 Å². The topological polar surface area (TPSA) is 98.8 Å². The predicted molar refractivity (Wildman–Crippen MR) is 110 cm³/mol. The largest absolute Gasteiger partial charge is 0.344 e. The van der Waals surface area contributed by atoms with Crippen LogP contribution in [0.2, 0.25) is 0 Å². The first kappa shape index (κ1) is 19.8. The smallest absolute Gasteiger partial charge is 0.264 e. The maximum Gasteiger partial charge on any atom is 0.264 e. The van der Waals surface area contributed by atoms with Crippen LogP contribution >= 0.6 is 0 Å². The summed E-state index contributed by atoms with van der Waals surface area (Å²) in [6.45, 7) is 0.749. The van der Waals surface area contributed by atoms with Crippen molar-refractivity contribution in [1.82, 2.24) is 15.5 Å². The number of nitrogens with one attached hydrogen (secondary N) is 2. The number of amides is 4. The van der Waals surface area contributed by atoms with Crippen LogP contribution in [-0.2, 0) is 16.1 Å². The molecule has 0 aliphatic carbocycles. The number of nitrogens with zero attached hydrogens (tertiary/aromatic N) is 2. The number of hydrogen-bond acceptors (Lipinski definition) is 6. The van der Waals surface area contributed by atoms with E-state index in [-0.39, 0.29) is 24.0 Å². The molecule has 2 aliphatic rings. The first-order valence-electron chi connectivity index (χ1n) is 9.74. The van der Waals surface area contributed by atoms with Gasteiger partial charge in [-0.3, -0.25) is 29.4 Å². The number of benzene rings is 2. The zero-order valence-corrected chi connectivity index (χ0v) is 16.8. The van der Waals surface area contributed by atoms with Crippen LogP contribution in [0.1, 0.15) is 39.1 Å². The first-order chi connectivity index (χ1) is 14.4. The molecular weight excluding hydrogens is 384 g/mol. The van der Waals surface area contributed by atoms with Crippen LogP contribution in [0.4, 0.5) is 11.4 Å². The minimum Gasteiger partial charge on any atom is -0.344 e. The van der Waals surface area contributed by atoms with Gasteiger partial charge < -0.3 is 10.2 Å². The summed E-state index contributed by atoms with van der Waals surface area (Å²) in [6.07, 6.45) is 0.226. The van der Waals surface area contributed by atoms with Gasteiger partial charge in [0.05, 0.1) is 16.8 Å². The molecule has 30 heavy (non-hydrogen) atoms. The Hall–Kier alpha value is -3.52. The number of anilines is 2. The van der Waals surface area contributed by atoms with Gasteiger partial charge in [0.2, 0.25) is 11.8 Å². The van der Waals surface area contributed by atoms with Gasteiger partial charge in [0.1, 0.15) is 6.04 Å². The van der Waals surface area contributed by atoms with E-state index in [1.165, 1.54) is 0 Å². The van der Waals surface area contributed by atoms with E-state index in [0.29, 0.717) is 5.69 Å². The summed E-state index contributed by atoms with van der Waals surface area (Å²) >= 11 is 0. The normalized spacial score (nSPS) is 18.5. The van der Waals surface area contributed by atoms with Crippen LogP contribution < -0.4 is 15.5 Å². The monoisotopic (exact) mass is 406 g/mol. The van der Waals surface area contributed by atoms with Gasteiger partial charge in [0.15, 0.2) is 0 Å². The molecule has 2 aromatic carbocycles. The Morgan fingerprint density at radius 3 is 2.47 bits per heavy atom. The van der Waals surface area contributed by atoms with E-state index in [2.05, 4.69) is 10.6 Å². The number of rotatable bonds is 5. The lowest BCUT2D eigenvalue weighted by atomic mass is 10.0. The minimum atomic E-state index is -0.978. The molecule has 0 aromatic heterocycles. The molecule has 1 fully saturated rings. The molecule has 2 N–H and O–H groups in total. The highest BCUT2D eigenvalue weighted by Gasteiger charge is 2.45. The fourth-order valence-electron chi connectivity index (χ4n) is 3.96. The number of fused-ring (bicyclic) bond motifs is 1. The molecule has 2 aliphatic heterocycles. The molecule has 2 aromatic rings. The lowest BCUT2D eigenvalue weighted by Gasteiger charge is -2.28. The SMILES string of the molecule is CNCc1ccc(N(C)c2cccc3c2C(=O)N(C2CCC(=O)NC2=O)C3=O)cc1. The van der Waals surface area contributed by atoms with Crippen molar-refractivity contribution >= 4 is 35.0 Å². The second-order valence-corrected chi connectivity index (χ2v) is 7.40. The first-order valence-corrected chi connectivity index (χ1v) is 9.74. The van der Waals surface area contributed by atoms with Gasteiger partial charge >= 0.3 is 0 Å². The molecule has 1 saturated heterocycles. The van der Waals surface area contributed by atoms with Crippen molar-refractivity contribution in [3.8, 4) is 0 Å². The Kier molecular flexibility index (Phi) is 5.09. The van der Waals surface area contributed by atoms with Crippen molar-refractivity contribution in [2.45, 2.75) is 25.4 Å². The van der Waals surface area contributed by atoms with Crippen molar-refractivity contribution in [3.63, 3.8) is 0 Å². The van der Waals surface area contributed by atoms with Crippen molar-refractivity contribution in [2.24, 2.45) is 0 Å². The number of hydrogen-bond donors (Lipinski definition) is 2. The van der Waals surface area contributed by atoms with Crippen LogP contribution in [0, 0.1) is 0 Å². The maximum absolute atomic E-state index is 13.2. The Balaban J connectivity index is 1.68. The van der Waals surface area contributed by atoms with Crippen LogP contribution in [0.3, 0.4) is 0 Å². The van der Waals surface area contributed by atoms with Gasteiger partial charge in [-0.25, -0.2) is 0 Å². The average Bonchev–Trinajstić information content (AvgIpc) is 2.99. The summed E-state index contributed by atoms with van der Waals surface area (Å²) in [5.41, 5.74) is 3.11. The molecule has 8 heteroatoms. The minimum absolute atomic E-state index is 0.0928. The van der Waals surface area contributed by atoms with Crippen molar-refractivity contribution in [2.75, 3.05) is 19.0 Å². The standard InChI is InChI=1S/C22H22N4O4/c1-23-12-13-6-8-14(9-7-13)25(2)16-5-3-4-15-19(16)22(30)26(21(15)29)17-10-11-18(27)24-20(17)28/h3-9,17,23H,10-12H2,1-2H3,(H,24,27,28). The van der Waals surface area contributed by atoms with Gasteiger partial charge in [0.25, 0.3) is 11.8 Å². The lowest BCUT2D eigenvalue weighted by molar-refractivity contribution is -0.136. The van der Waals surface area contributed by atoms with Gasteiger partial charge in [-0.05, 0) is 43.3 Å². The third kappa shape index (κ3) is 3.25. The fraction of sp³-hybridized carbons (Fsp3) is 0.273. The summed E-state index contributed by atoms with van der Waals surface area (Å²) in [5, 5.41) is 5.31. The van der Waals surface area contributed by atoms with Gasteiger partial charge in [-0.15, -0.1) is 0 Å². The van der Waals surface area contributed by atoms with Crippen LogP contribution in [0.25, 0.3) is 0 Å². The van der Waals surface area contributed by atoms with E-state index in [0.717, 1.165) is 22.7 Å². The van der Waals surface area contributed by atoms with Crippen LogP contribution in [0.15, 0.2) is 42.5 Å². The second-order valence-electron chi connectivity index (χ2n) is 7.40. The molecule has 1 atom stereocenters. The summed E-state index contributed by atoms with van der Waals surface area (Å²) in [5.74, 6) is -2.03. The molecule has 2 heterocycles. The third-order valence-corrected chi connectivity index (χ3v) is 5.51. The highest BCUT2D eigenvalue weighted by atomic mass is 16.2. The molecule has 0 bridgehead atoms. The highest BCUT2D eigenvalue weighted by Crippen LogP contribution is 2.36. The van der Waals surface area contributed by atoms with Crippen LogP contribution in [0.5, 0.6) is 0 Å². The van der Waals surface area contributed by atoms with Gasteiger partial charge in [-0.1, -0.05) is 18.2 Å². The molecular formula is C22H22N4O4. The molecule has 0 saturated carbocycles. The molecule has 8 nitrogen and oxygen atoms in total. The molecule has 1 unspecified atom stereocenters. The second kappa shape index (κ2) is 7.72. The predicted octanol–water partition coefficient (Wildman–Crippen LogP) is 1.58. The number of carbonyl (C=O) groups excluding carboxylic acids is 4. The van der Waals surface area contributed by atoms with Gasteiger partial charge in [-0.2, -0.15) is 0 Å². The Bertz CT molecular complexity index is 1050. The van der Waals surface area contributed by atoms with E-state index in [4.69, 9.17) is 0 Å². The average molecular weight is 406 g/mol. The summed E-state index contributed by atoms with van der Waals surface area (Å²) < 4.78 is 0. The lowest BCUT2D eigenvalue weighted by Crippen LogP contribution is -2.54. The Morgan fingerprint density at radius 1 is 1.07 bits per heavy atom. The fourth-order valence-corrected chi connectivity index (χ4v) is 3.96. The van der Waals surface area contributed by atoms with E-state index in [9.17, 15) is 19.2 Å². The Morgan fingerprint density at radius 2 is 1.80 bits per heavy atom. The zero-order valence-electron chi connectivity index (χ0n) is 16.8. The summed E-state index contributed by atoms with van der Waals surface area (Å²) in [4.78, 5) is 52.8. The van der Waals surface area contributed by atoms with Crippen molar-refractivity contribution in [1.29, 1.82) is 0 Å². The summed E-state index contributed by atoms with van der Waals surface area (Å²) in [6, 6.07) is 12.0. The number of carbonyl (C=O) groups is 4. The van der Waals surface area contributed by atoms with Gasteiger partial charge in [0, 0.05) is 25.7 Å². The number of imide groups is 2. The van der Waals surface area contributed by atoms with Crippen LogP contribution in [-0.4, -0.2) is 48.7 Å². The van der Waals surface area contributed by atoms with Crippen molar-refractivity contribution in [3.05, 3.63) is 59.2 Å². The Labute approximate surface area is 173 Å². The molecule has 0 radical (unpaired) electrons. The van der Waals surface area contributed by atoms with Crippen molar-refractivity contribution < 1.29 is 19.2 Å². The third-order valence-electron chi connectivity index (χ3n) is 5.51. The maximum atomic E-state index is 13.2. The van der Waals surface area contributed by atoms with E-state index >= 15 is 0 Å². The zero-order chi connectivity index (χ0) is 21.4. The molecule has 154 valence electrons. The summed E-state index contributed by atoms with van der Waals surface area (Å²) in [7, 11) is 3.71. The number of piperidine rings is 1. The molecule has 0 spiro atoms. The van der Waals surface area contributed by atoms with E-state index < -0.39 is 29.7 Å². The molecule has 4 rings (SSSR count). The molecule has 4 amide bonds. The van der Waals surface area contributed by atoms with E-state index in [1.807, 2.05) is 43.3 Å².